The van der Waals surface area contributed by atoms with Gasteiger partial charge in [0.25, 0.3) is 0 Å². The average molecular weight is 704 g/mol. The number of halogens is 10. The molecule has 2 atom stereocenters. The molecule has 0 radical (unpaired) electrons. The van der Waals surface area contributed by atoms with Gasteiger partial charge in [-0.3, -0.25) is 9.59 Å². The summed E-state index contributed by atoms with van der Waals surface area (Å²) in [4.78, 5) is 42.6. The molecule has 0 aliphatic carbocycles. The van der Waals surface area contributed by atoms with Crippen LogP contribution in [-0.2, 0) is 48.9 Å². The van der Waals surface area contributed by atoms with Gasteiger partial charge in [0, 0.05) is 0 Å². The minimum Gasteiger partial charge on any atom is -0.549 e. The van der Waals surface area contributed by atoms with Gasteiger partial charge in [-0.2, -0.15) is 43.9 Å². The Morgan fingerprint density at radius 1 is 0.610 bits per heavy atom. The largest absolute Gasteiger partial charge is 0.549 e. The van der Waals surface area contributed by atoms with Crippen LogP contribution in [0.15, 0.2) is 0 Å². The fourth-order valence-corrected chi connectivity index (χ4v) is 4.00. The van der Waals surface area contributed by atoms with Gasteiger partial charge in [0.15, 0.2) is 0 Å². The maximum Gasteiger partial charge on any atom is 0.454 e. The number of rotatable bonds is 12. The van der Waals surface area contributed by atoms with Crippen LogP contribution in [0.5, 0.6) is 0 Å². The minimum atomic E-state index is -6.13. The Kier molecular flexibility index (Phi) is 17.4. The zero-order valence-corrected chi connectivity index (χ0v) is 25.6. The molecule has 0 spiro atoms. The van der Waals surface area contributed by atoms with E-state index >= 15 is 0 Å². The maximum absolute atomic E-state index is 13.0. The Bertz CT molecular complexity index is 789. The number of carbonyl (C=O) groups excluding carboxylic acids is 4. The molecule has 0 rings (SSSR count). The van der Waals surface area contributed by atoms with Gasteiger partial charge in [-0.15, -0.1) is 0 Å². The second kappa shape index (κ2) is 16.3. The molecule has 19 heteroatoms. The Morgan fingerprint density at radius 2 is 0.829 bits per heavy atom. The van der Waals surface area contributed by atoms with Crippen molar-refractivity contribution in [3.8, 4) is 0 Å². The van der Waals surface area contributed by atoms with Crippen molar-refractivity contribution in [2.24, 2.45) is 10.8 Å². The summed E-state index contributed by atoms with van der Waals surface area (Å²) in [5.41, 5.74) is -7.74. The fraction of sp³-hybridized carbons (Fsp3) is 0.818. The number of Topliss-reactive ketones (excluding diaryl/α,β-unsaturated/α-hetero) is 2. The van der Waals surface area contributed by atoms with Crippen molar-refractivity contribution in [3.05, 3.63) is 0 Å². The number of carbonyl (C=O) groups is 4. The molecule has 0 saturated carbocycles. The first-order valence-corrected chi connectivity index (χ1v) is 13.4. The summed E-state index contributed by atoms with van der Waals surface area (Å²) in [5, 5.41) is 21.0. The van der Waals surface area contributed by atoms with Crippen LogP contribution in [0.4, 0.5) is 43.9 Å². The summed E-state index contributed by atoms with van der Waals surface area (Å²) in [7, 11) is 0. The molecule has 0 aromatic carbocycles. The molecule has 0 aromatic rings. The molecule has 0 fully saturated rings. The van der Waals surface area contributed by atoms with Crippen LogP contribution in [0, 0.1) is 10.8 Å². The van der Waals surface area contributed by atoms with E-state index in [4.69, 9.17) is 5.63 Å². The summed E-state index contributed by atoms with van der Waals surface area (Å²) < 4.78 is 135. The number of alkyl halides is 10. The Labute approximate surface area is 241 Å². The predicted molar refractivity (Wildman–Crippen MR) is 111 cm³/mol. The van der Waals surface area contributed by atoms with E-state index in [1.807, 2.05) is 27.7 Å². The first-order valence-electron chi connectivity index (χ1n) is 11.4. The molecular formula is C22H30F10O8Zr. The Hall–Kier alpha value is -1.62. The second-order valence-electron chi connectivity index (χ2n) is 8.77. The van der Waals surface area contributed by atoms with Gasteiger partial charge < -0.3 is 19.8 Å². The third kappa shape index (κ3) is 10.3. The number of carboxylic acids is 2. The number of aliphatic carboxylic acids is 2. The minimum absolute atomic E-state index is 0.343. The van der Waals surface area contributed by atoms with E-state index in [-0.39, 0.29) is 0 Å². The number of carboxylic acid groups (broad SMARTS) is 2. The SMILES string of the molecule is CC(C)[O][Zr+2][O]C(C)C.CCC(C(C)=O)(C(=O)[O-])C(F)(F)C(F)(F)F.CCC(C(C)=O)(C(=O)[O-])C(F)(F)C(F)(F)F. The summed E-state index contributed by atoms with van der Waals surface area (Å²) in [6.07, 6.45) is -14.0. The van der Waals surface area contributed by atoms with Crippen molar-refractivity contribution >= 4 is 23.5 Å². The molecule has 0 aliphatic rings. The Morgan fingerprint density at radius 3 is 0.902 bits per heavy atom. The van der Waals surface area contributed by atoms with Crippen molar-refractivity contribution < 1.29 is 103 Å². The van der Waals surface area contributed by atoms with E-state index in [2.05, 4.69) is 0 Å². The van der Waals surface area contributed by atoms with E-state index in [1.54, 1.807) is 0 Å². The fourth-order valence-electron chi connectivity index (χ4n) is 2.92. The summed E-state index contributed by atoms with van der Waals surface area (Å²) in [5.74, 6) is -20.4. The standard InChI is InChI=1S/2C8H9F5O3.2C3H7O.Zr/c2*1-3-6(4(2)14,5(15)16)7(9,10)8(11,12)13;2*1-3(2)4;/h2*3H2,1-2H3,(H,15,16);2*3H,1-2H3;/q;;2*-1;+4/p-2. The van der Waals surface area contributed by atoms with Crippen LogP contribution in [0.25, 0.3) is 0 Å². The van der Waals surface area contributed by atoms with Crippen molar-refractivity contribution in [2.45, 2.75) is 105 Å². The van der Waals surface area contributed by atoms with E-state index in [0.717, 1.165) is 13.8 Å². The molecule has 0 bridgehead atoms. The van der Waals surface area contributed by atoms with E-state index in [1.165, 1.54) is 0 Å². The van der Waals surface area contributed by atoms with Crippen LogP contribution >= 0.6 is 0 Å². The molecule has 8 nitrogen and oxygen atoms in total. The smallest absolute Gasteiger partial charge is 0.454 e. The van der Waals surface area contributed by atoms with Gasteiger partial charge >= 0.3 is 93.8 Å². The number of hydrogen-bond donors (Lipinski definition) is 0. The van der Waals surface area contributed by atoms with E-state index in [9.17, 15) is 73.3 Å². The Balaban J connectivity index is -0.000000551. The van der Waals surface area contributed by atoms with Gasteiger partial charge in [-0.1, -0.05) is 13.8 Å². The van der Waals surface area contributed by atoms with Crippen molar-refractivity contribution in [2.75, 3.05) is 0 Å². The molecule has 0 N–H and O–H groups in total. The maximum atomic E-state index is 13.0. The van der Waals surface area contributed by atoms with Crippen LogP contribution < -0.4 is 10.2 Å². The number of ketones is 2. The van der Waals surface area contributed by atoms with Gasteiger partial charge in [-0.05, 0) is 26.7 Å². The molecule has 0 amide bonds. The van der Waals surface area contributed by atoms with Crippen molar-refractivity contribution in [3.63, 3.8) is 0 Å². The summed E-state index contributed by atoms with van der Waals surface area (Å²) in [6, 6.07) is 0. The van der Waals surface area contributed by atoms with Crippen LogP contribution in [-0.4, -0.2) is 59.9 Å². The first-order chi connectivity index (χ1) is 18.0. The van der Waals surface area contributed by atoms with Gasteiger partial charge in [0.2, 0.25) is 0 Å². The summed E-state index contributed by atoms with van der Waals surface area (Å²) in [6.45, 7) is 10.3. The second-order valence-corrected chi connectivity index (χ2v) is 10.3. The van der Waals surface area contributed by atoms with Crippen molar-refractivity contribution in [1.82, 2.24) is 0 Å². The molecule has 0 heterocycles. The van der Waals surface area contributed by atoms with Crippen LogP contribution in [0.1, 0.15) is 68.2 Å². The predicted octanol–water partition coefficient (Wildman–Crippen LogP) is 3.59. The number of hydrogen-bond acceptors (Lipinski definition) is 8. The molecule has 41 heavy (non-hydrogen) atoms. The zero-order chi connectivity index (χ0) is 34.0. The van der Waals surface area contributed by atoms with Crippen LogP contribution in [0.2, 0.25) is 0 Å². The zero-order valence-electron chi connectivity index (χ0n) is 23.1. The molecule has 0 saturated heterocycles. The van der Waals surface area contributed by atoms with Crippen LogP contribution in [0.3, 0.4) is 0 Å². The molecule has 2 unspecified atom stereocenters. The first kappa shape index (κ1) is 43.8. The third-order valence-electron chi connectivity index (χ3n) is 5.31. The normalized spacial score (nSPS) is 15.3. The van der Waals surface area contributed by atoms with Gasteiger partial charge in [-0.25, -0.2) is 0 Å². The monoisotopic (exact) mass is 702 g/mol. The van der Waals surface area contributed by atoms with E-state index in [0.29, 0.717) is 26.1 Å². The average Bonchev–Trinajstić information content (AvgIpc) is 2.72. The molecule has 0 aliphatic heterocycles. The quantitative estimate of drug-likeness (QED) is 0.223. The van der Waals surface area contributed by atoms with Crippen molar-refractivity contribution in [1.29, 1.82) is 0 Å². The summed E-state index contributed by atoms with van der Waals surface area (Å²) >= 11 is -0.929. The van der Waals surface area contributed by atoms with Gasteiger partial charge in [0.05, 0.1) is 11.9 Å². The van der Waals surface area contributed by atoms with E-state index < -0.39 is 95.5 Å². The molecular weight excluding hydrogens is 673 g/mol. The third-order valence-corrected chi connectivity index (χ3v) is 8.10. The topological polar surface area (TPSA) is 133 Å². The molecule has 0 aromatic heterocycles. The molecule has 240 valence electrons. The van der Waals surface area contributed by atoms with Gasteiger partial charge in [0.1, 0.15) is 22.4 Å².